The summed E-state index contributed by atoms with van der Waals surface area (Å²) in [6.45, 7) is 2.83. The van der Waals surface area contributed by atoms with E-state index in [4.69, 9.17) is 9.84 Å². The summed E-state index contributed by atoms with van der Waals surface area (Å²) in [5.74, 6) is -0.228. The Bertz CT molecular complexity index is 552. The Hall–Kier alpha value is -2.37. The number of para-hydroxylation sites is 1. The summed E-state index contributed by atoms with van der Waals surface area (Å²) in [5, 5.41) is 16.3. The van der Waals surface area contributed by atoms with Gasteiger partial charge in [0.1, 0.15) is 5.75 Å². The van der Waals surface area contributed by atoms with Gasteiger partial charge in [0.15, 0.2) is 5.69 Å². The summed E-state index contributed by atoms with van der Waals surface area (Å²) in [6, 6.07) is 9.54. The molecule has 0 aliphatic carbocycles. The summed E-state index contributed by atoms with van der Waals surface area (Å²) in [5.41, 5.74) is 0.566. The molecule has 1 aromatic carbocycles. The maximum Gasteiger partial charge on any atom is 0.358 e. The van der Waals surface area contributed by atoms with E-state index in [0.717, 1.165) is 12.2 Å². The normalized spacial score (nSPS) is 10.4. The second-order valence-corrected chi connectivity index (χ2v) is 4.07. The fourth-order valence-electron chi connectivity index (χ4n) is 1.69. The first-order valence-electron chi connectivity index (χ1n) is 5.99. The molecule has 1 aromatic heterocycles. The lowest BCUT2D eigenvalue weighted by molar-refractivity contribution is 0.0689. The fourth-order valence-corrected chi connectivity index (χ4v) is 1.69. The SMILES string of the molecule is Cc1c(C(=O)O)nnn1CCCOc1ccccc1. The molecule has 2 aromatic rings. The largest absolute Gasteiger partial charge is 0.494 e. The molecule has 100 valence electrons. The van der Waals surface area contributed by atoms with Gasteiger partial charge < -0.3 is 9.84 Å². The van der Waals surface area contributed by atoms with Crippen LogP contribution in [0.25, 0.3) is 0 Å². The van der Waals surface area contributed by atoms with Gasteiger partial charge in [-0.3, -0.25) is 0 Å². The van der Waals surface area contributed by atoms with Gasteiger partial charge in [0, 0.05) is 13.0 Å². The molecule has 6 nitrogen and oxygen atoms in total. The Morgan fingerprint density at radius 2 is 2.11 bits per heavy atom. The van der Waals surface area contributed by atoms with Crippen molar-refractivity contribution in [3.63, 3.8) is 0 Å². The number of carboxylic acids is 1. The highest BCUT2D eigenvalue weighted by atomic mass is 16.5. The van der Waals surface area contributed by atoms with Crippen molar-refractivity contribution < 1.29 is 14.6 Å². The quantitative estimate of drug-likeness (QED) is 0.802. The van der Waals surface area contributed by atoms with Crippen LogP contribution in [0, 0.1) is 6.92 Å². The van der Waals surface area contributed by atoms with Crippen molar-refractivity contribution in [1.29, 1.82) is 0 Å². The Kier molecular flexibility index (Phi) is 4.12. The van der Waals surface area contributed by atoms with E-state index in [0.29, 0.717) is 18.8 Å². The number of rotatable bonds is 6. The highest BCUT2D eigenvalue weighted by molar-refractivity contribution is 5.86. The number of carboxylic acid groups (broad SMARTS) is 1. The van der Waals surface area contributed by atoms with Crippen LogP contribution in [0.15, 0.2) is 30.3 Å². The number of aromatic nitrogens is 3. The minimum Gasteiger partial charge on any atom is -0.494 e. The Morgan fingerprint density at radius 1 is 1.37 bits per heavy atom. The van der Waals surface area contributed by atoms with Crippen molar-refractivity contribution in [3.8, 4) is 5.75 Å². The van der Waals surface area contributed by atoms with E-state index in [-0.39, 0.29) is 5.69 Å². The summed E-state index contributed by atoms with van der Waals surface area (Å²) >= 11 is 0. The average Bonchev–Trinajstić information content (AvgIpc) is 2.77. The molecule has 19 heavy (non-hydrogen) atoms. The summed E-state index contributed by atoms with van der Waals surface area (Å²) < 4.78 is 7.13. The molecular formula is C13H15N3O3. The van der Waals surface area contributed by atoms with Crippen molar-refractivity contribution >= 4 is 5.97 Å². The van der Waals surface area contributed by atoms with Crippen LogP contribution in [-0.4, -0.2) is 32.7 Å². The monoisotopic (exact) mass is 261 g/mol. The summed E-state index contributed by atoms with van der Waals surface area (Å²) in [6.07, 6.45) is 0.734. The van der Waals surface area contributed by atoms with E-state index in [1.54, 1.807) is 11.6 Å². The number of aryl methyl sites for hydroxylation is 1. The molecule has 0 saturated carbocycles. The molecule has 0 aliphatic heterocycles. The van der Waals surface area contributed by atoms with Gasteiger partial charge in [-0.05, 0) is 19.1 Å². The number of hydrogen-bond acceptors (Lipinski definition) is 4. The Morgan fingerprint density at radius 3 is 2.74 bits per heavy atom. The number of hydrogen-bond donors (Lipinski definition) is 1. The van der Waals surface area contributed by atoms with Gasteiger partial charge in [-0.15, -0.1) is 5.10 Å². The first-order chi connectivity index (χ1) is 9.18. The van der Waals surface area contributed by atoms with E-state index in [1.807, 2.05) is 30.3 Å². The number of nitrogens with zero attached hydrogens (tertiary/aromatic N) is 3. The van der Waals surface area contributed by atoms with Gasteiger partial charge in [-0.2, -0.15) is 0 Å². The zero-order valence-corrected chi connectivity index (χ0v) is 10.6. The third-order valence-corrected chi connectivity index (χ3v) is 2.71. The molecule has 0 bridgehead atoms. The molecule has 0 unspecified atom stereocenters. The Labute approximate surface area is 110 Å². The highest BCUT2D eigenvalue weighted by Gasteiger charge is 2.14. The molecule has 0 aliphatic rings. The summed E-state index contributed by atoms with van der Waals surface area (Å²) in [7, 11) is 0. The maximum absolute atomic E-state index is 10.8. The van der Waals surface area contributed by atoms with E-state index in [1.165, 1.54) is 0 Å². The van der Waals surface area contributed by atoms with Crippen LogP contribution >= 0.6 is 0 Å². The second kappa shape index (κ2) is 5.99. The van der Waals surface area contributed by atoms with Crippen LogP contribution in [0.3, 0.4) is 0 Å². The fraction of sp³-hybridized carbons (Fsp3) is 0.308. The van der Waals surface area contributed by atoms with Crippen LogP contribution in [0.2, 0.25) is 0 Å². The smallest absolute Gasteiger partial charge is 0.358 e. The van der Waals surface area contributed by atoms with Gasteiger partial charge in [0.2, 0.25) is 0 Å². The third-order valence-electron chi connectivity index (χ3n) is 2.71. The van der Waals surface area contributed by atoms with Crippen molar-refractivity contribution in [1.82, 2.24) is 15.0 Å². The molecule has 0 saturated heterocycles. The zero-order valence-electron chi connectivity index (χ0n) is 10.6. The molecule has 1 heterocycles. The van der Waals surface area contributed by atoms with Crippen molar-refractivity contribution in [2.24, 2.45) is 0 Å². The van der Waals surface area contributed by atoms with Crippen LogP contribution < -0.4 is 4.74 Å². The molecule has 0 radical (unpaired) electrons. The van der Waals surface area contributed by atoms with E-state index in [9.17, 15) is 4.79 Å². The maximum atomic E-state index is 10.8. The minimum atomic E-state index is -1.05. The van der Waals surface area contributed by atoms with E-state index >= 15 is 0 Å². The molecule has 0 atom stereocenters. The number of aromatic carboxylic acids is 1. The molecule has 2 rings (SSSR count). The van der Waals surface area contributed by atoms with Crippen LogP contribution in [-0.2, 0) is 6.54 Å². The van der Waals surface area contributed by atoms with Gasteiger partial charge in [0.05, 0.1) is 12.3 Å². The lowest BCUT2D eigenvalue weighted by Gasteiger charge is -2.06. The lowest BCUT2D eigenvalue weighted by Crippen LogP contribution is -2.08. The summed E-state index contributed by atoms with van der Waals surface area (Å²) in [4.78, 5) is 10.8. The van der Waals surface area contributed by atoms with Crippen LogP contribution in [0.5, 0.6) is 5.75 Å². The van der Waals surface area contributed by atoms with Crippen LogP contribution in [0.4, 0.5) is 0 Å². The number of ether oxygens (including phenoxy) is 1. The first kappa shape index (κ1) is 13.1. The predicted molar refractivity (Wildman–Crippen MR) is 68.3 cm³/mol. The third kappa shape index (κ3) is 3.31. The van der Waals surface area contributed by atoms with E-state index < -0.39 is 5.97 Å². The molecule has 1 N–H and O–H groups in total. The predicted octanol–water partition coefficient (Wildman–Crippen LogP) is 1.75. The lowest BCUT2D eigenvalue weighted by atomic mass is 10.3. The van der Waals surface area contributed by atoms with E-state index in [2.05, 4.69) is 10.3 Å². The van der Waals surface area contributed by atoms with Crippen molar-refractivity contribution in [3.05, 3.63) is 41.7 Å². The first-order valence-corrected chi connectivity index (χ1v) is 5.99. The van der Waals surface area contributed by atoms with Crippen LogP contribution in [0.1, 0.15) is 22.6 Å². The Balaban J connectivity index is 1.82. The van der Waals surface area contributed by atoms with Gasteiger partial charge in [-0.1, -0.05) is 23.4 Å². The molecule has 6 heteroatoms. The average molecular weight is 261 g/mol. The molecule has 0 fully saturated rings. The van der Waals surface area contributed by atoms with Gasteiger partial charge >= 0.3 is 5.97 Å². The molecule has 0 amide bonds. The standard InChI is InChI=1S/C13H15N3O3/c1-10-12(13(17)18)14-15-16(10)8-5-9-19-11-6-3-2-4-7-11/h2-4,6-7H,5,8-9H2,1H3,(H,17,18). The van der Waals surface area contributed by atoms with Gasteiger partial charge in [-0.25, -0.2) is 9.48 Å². The topological polar surface area (TPSA) is 77.2 Å². The van der Waals surface area contributed by atoms with Crippen molar-refractivity contribution in [2.45, 2.75) is 19.9 Å². The van der Waals surface area contributed by atoms with Gasteiger partial charge in [0.25, 0.3) is 0 Å². The minimum absolute atomic E-state index is 0.00368. The second-order valence-electron chi connectivity index (χ2n) is 4.07. The van der Waals surface area contributed by atoms with Crippen molar-refractivity contribution in [2.75, 3.05) is 6.61 Å². The number of carbonyl (C=O) groups is 1. The number of benzene rings is 1. The molecular weight excluding hydrogens is 246 g/mol. The molecule has 0 spiro atoms. The highest BCUT2D eigenvalue weighted by Crippen LogP contribution is 2.09. The zero-order chi connectivity index (χ0) is 13.7.